The SMILES string of the molecule is CC(C)(C)[S@+]([O-])[AsH][C@@H]1CCCC12CCN(c1ncc(Sc3cccc(NC(=O)c4c(O)nc5ccccn5c4=O)c3Cl)c3nccn13)CC2. The molecule has 11 nitrogen and oxygen atoms in total. The van der Waals surface area contributed by atoms with Gasteiger partial charge in [0.15, 0.2) is 5.56 Å². The second-order valence-electron chi connectivity index (χ2n) is 13.6. The molecule has 1 unspecified atom stereocenters. The molecule has 256 valence electrons. The Hall–Kier alpha value is -3.22. The van der Waals surface area contributed by atoms with Gasteiger partial charge >= 0.3 is 192 Å². The molecule has 2 fully saturated rings. The van der Waals surface area contributed by atoms with Gasteiger partial charge in [-0.25, -0.2) is 0 Å². The van der Waals surface area contributed by atoms with Crippen LogP contribution in [0.3, 0.4) is 0 Å². The zero-order valence-electron chi connectivity index (χ0n) is 27.4. The molecule has 1 aliphatic heterocycles. The van der Waals surface area contributed by atoms with Crippen LogP contribution in [0.5, 0.6) is 5.88 Å². The molecular weight excluding hydrogens is 745 g/mol. The minimum absolute atomic E-state index is 0.138. The van der Waals surface area contributed by atoms with E-state index >= 15 is 0 Å². The quantitative estimate of drug-likeness (QED) is 0.151. The number of imidazole rings is 1. The van der Waals surface area contributed by atoms with E-state index in [2.05, 4.69) is 41.0 Å². The van der Waals surface area contributed by atoms with E-state index in [9.17, 15) is 19.2 Å². The molecule has 1 spiro atoms. The molecule has 0 bridgehead atoms. The Labute approximate surface area is 301 Å². The van der Waals surface area contributed by atoms with E-state index in [4.69, 9.17) is 16.6 Å². The molecule has 4 aromatic heterocycles. The number of fused-ring (bicyclic) bond motifs is 2. The molecule has 1 amide bonds. The predicted octanol–water partition coefficient (Wildman–Crippen LogP) is 5.96. The molecule has 5 aromatic rings. The van der Waals surface area contributed by atoms with E-state index in [0.717, 1.165) is 42.4 Å². The molecule has 3 atom stereocenters. The average molecular weight is 782 g/mol. The van der Waals surface area contributed by atoms with E-state index in [1.54, 1.807) is 36.5 Å². The van der Waals surface area contributed by atoms with Crippen molar-refractivity contribution in [2.75, 3.05) is 23.3 Å². The first-order chi connectivity index (χ1) is 23.4. The number of halogens is 1. The Morgan fingerprint density at radius 2 is 1.90 bits per heavy atom. The molecule has 1 saturated carbocycles. The van der Waals surface area contributed by atoms with Crippen LogP contribution in [0.1, 0.15) is 63.2 Å². The van der Waals surface area contributed by atoms with Crippen molar-refractivity contribution in [2.24, 2.45) is 5.41 Å². The summed E-state index contributed by atoms with van der Waals surface area (Å²) in [6.07, 6.45) is 12.8. The van der Waals surface area contributed by atoms with E-state index in [-0.39, 0.29) is 21.1 Å². The van der Waals surface area contributed by atoms with Crippen LogP contribution < -0.4 is 15.8 Å². The van der Waals surface area contributed by atoms with Gasteiger partial charge in [0.05, 0.1) is 5.69 Å². The number of aromatic nitrogens is 5. The van der Waals surface area contributed by atoms with Crippen molar-refractivity contribution in [3.63, 3.8) is 0 Å². The number of rotatable bonds is 7. The third-order valence-electron chi connectivity index (χ3n) is 9.50. The first kappa shape index (κ1) is 34.2. The van der Waals surface area contributed by atoms with Gasteiger partial charge in [0.2, 0.25) is 5.88 Å². The van der Waals surface area contributed by atoms with Crippen molar-refractivity contribution in [1.82, 2.24) is 23.8 Å². The summed E-state index contributed by atoms with van der Waals surface area (Å²) >= 11 is 7.61. The van der Waals surface area contributed by atoms with Crippen LogP contribution in [0.4, 0.5) is 11.6 Å². The number of hydrogen-bond donors (Lipinski definition) is 2. The first-order valence-electron chi connectivity index (χ1n) is 16.2. The zero-order valence-corrected chi connectivity index (χ0v) is 31.8. The molecule has 2 N–H and O–H groups in total. The third kappa shape index (κ3) is 6.56. The zero-order chi connectivity index (χ0) is 34.5. The van der Waals surface area contributed by atoms with Crippen LogP contribution in [0.2, 0.25) is 9.73 Å². The predicted molar refractivity (Wildman–Crippen MR) is 196 cm³/mol. The third-order valence-corrected chi connectivity index (χ3v) is 21.6. The Bertz CT molecular complexity index is 2110. The standard InChI is InChI=1S/C34H37AsClN7O4S2/c1-33(2,3)49(47)35-24-10-7-12-34(24)13-17-41(18-14-34)32-38-20-23(28-37-15-19-43(28)32)48-22-9-6-8-21(27(22)36)39-29(44)26-30(45)40-25-11-4-5-16-42(25)31(26)46/h4-6,8-9,11,15-16,19-20,24,35,45H,7,10,12-14,17-18H2,1-3H3,(H,39,44)/t24-,49+/m1/s1. The Morgan fingerprint density at radius 1 is 1.10 bits per heavy atom. The number of carbonyl (C=O) groups excluding carboxylic acids is 1. The molecule has 7 rings (SSSR count). The number of nitrogens with one attached hydrogen (secondary N) is 1. The summed E-state index contributed by atoms with van der Waals surface area (Å²) in [5.74, 6) is -0.637. The normalized spacial score (nSPS) is 18.6. The molecule has 0 radical (unpaired) electrons. The van der Waals surface area contributed by atoms with Gasteiger partial charge in [-0.3, -0.25) is 14.0 Å². The van der Waals surface area contributed by atoms with E-state index in [1.807, 2.05) is 22.9 Å². The fourth-order valence-electron chi connectivity index (χ4n) is 6.83. The van der Waals surface area contributed by atoms with Gasteiger partial charge in [-0.05, 0) is 18.2 Å². The first-order valence-corrected chi connectivity index (χ1v) is 22.3. The Kier molecular flexibility index (Phi) is 9.42. The molecule has 1 aliphatic carbocycles. The van der Waals surface area contributed by atoms with Gasteiger partial charge in [0, 0.05) is 6.20 Å². The molecule has 2 aliphatic rings. The van der Waals surface area contributed by atoms with Crippen LogP contribution >= 0.6 is 23.4 Å². The number of carbonyl (C=O) groups is 1. The molecule has 49 heavy (non-hydrogen) atoms. The Balaban J connectivity index is 1.08. The summed E-state index contributed by atoms with van der Waals surface area (Å²) < 4.78 is 16.8. The summed E-state index contributed by atoms with van der Waals surface area (Å²) in [5, 5.41) is 13.4. The maximum absolute atomic E-state index is 13.2. The summed E-state index contributed by atoms with van der Waals surface area (Å²) in [5.41, 5.74) is 0.370. The number of benzene rings is 1. The second kappa shape index (κ2) is 13.5. The van der Waals surface area contributed by atoms with Crippen molar-refractivity contribution in [3.05, 3.63) is 82.1 Å². The molecule has 5 heterocycles. The summed E-state index contributed by atoms with van der Waals surface area (Å²) in [4.78, 5) is 43.5. The van der Waals surface area contributed by atoms with E-state index in [0.29, 0.717) is 15.0 Å². The number of nitrogens with zero attached hydrogens (tertiary/aromatic N) is 6. The summed E-state index contributed by atoms with van der Waals surface area (Å²) in [6.45, 7) is 8.11. The number of pyridine rings is 1. The summed E-state index contributed by atoms with van der Waals surface area (Å²) in [7, 11) is -0.726. The van der Waals surface area contributed by atoms with Gasteiger partial charge in [-0.1, -0.05) is 23.7 Å². The van der Waals surface area contributed by atoms with Crippen LogP contribution in [-0.4, -0.2) is 71.8 Å². The van der Waals surface area contributed by atoms with Gasteiger partial charge in [-0.2, -0.15) is 4.98 Å². The van der Waals surface area contributed by atoms with Crippen molar-refractivity contribution in [2.45, 2.75) is 72.1 Å². The van der Waals surface area contributed by atoms with Crippen LogP contribution in [0, 0.1) is 5.41 Å². The van der Waals surface area contributed by atoms with E-state index < -0.39 is 46.9 Å². The van der Waals surface area contributed by atoms with Crippen molar-refractivity contribution < 1.29 is 14.5 Å². The van der Waals surface area contributed by atoms with Crippen molar-refractivity contribution >= 4 is 76.2 Å². The topological polar surface area (TPSA) is 140 Å². The maximum atomic E-state index is 13.2. The number of anilines is 2. The number of aromatic hydroxyl groups is 1. The summed E-state index contributed by atoms with van der Waals surface area (Å²) in [6, 6.07) is 10.1. The number of piperidine rings is 1. The number of hydrogen-bond acceptors (Lipinski definition) is 9. The van der Waals surface area contributed by atoms with Gasteiger partial charge < -0.3 is 10.4 Å². The van der Waals surface area contributed by atoms with E-state index in [1.165, 1.54) is 41.6 Å². The monoisotopic (exact) mass is 781 g/mol. The van der Waals surface area contributed by atoms with Crippen molar-refractivity contribution in [3.8, 4) is 5.88 Å². The van der Waals surface area contributed by atoms with Crippen LogP contribution in [0.15, 0.2) is 75.8 Å². The van der Waals surface area contributed by atoms with Crippen LogP contribution in [0.25, 0.3) is 11.3 Å². The Morgan fingerprint density at radius 3 is 2.67 bits per heavy atom. The van der Waals surface area contributed by atoms with Gasteiger partial charge in [0.25, 0.3) is 11.5 Å². The van der Waals surface area contributed by atoms with Crippen LogP contribution in [-0.2, 0) is 9.44 Å². The fourth-order valence-corrected chi connectivity index (χ4v) is 16.5. The molecular formula is C34H37AsClN7O4S2. The van der Waals surface area contributed by atoms with Gasteiger partial charge in [0.1, 0.15) is 5.65 Å². The molecule has 1 aromatic carbocycles. The second-order valence-corrected chi connectivity index (χ2v) is 22.3. The van der Waals surface area contributed by atoms with Crippen molar-refractivity contribution in [1.29, 1.82) is 0 Å². The molecule has 15 heteroatoms. The average Bonchev–Trinajstić information content (AvgIpc) is 3.71. The van der Waals surface area contributed by atoms with Gasteiger partial charge in [-0.15, -0.1) is 0 Å². The number of amides is 1. The molecule has 1 saturated heterocycles. The minimum atomic E-state index is -0.823. The fraction of sp³-hybridized carbons (Fsp3) is 0.382.